The van der Waals surface area contributed by atoms with E-state index >= 15 is 0 Å². The zero-order chi connectivity index (χ0) is 22.3. The third-order valence-electron chi connectivity index (χ3n) is 4.34. The number of alkyl halides is 2. The summed E-state index contributed by atoms with van der Waals surface area (Å²) < 4.78 is 26.9. The highest BCUT2D eigenvalue weighted by Crippen LogP contribution is 2.29. The second kappa shape index (κ2) is 10.8. The Morgan fingerprint density at radius 2 is 1.81 bits per heavy atom. The average Bonchev–Trinajstić information content (AvgIpc) is 3.44. The molecule has 0 aliphatic carbocycles. The molecule has 1 N–H and O–H groups in total. The molecule has 164 valence electrons. The van der Waals surface area contributed by atoms with Crippen LogP contribution in [-0.2, 0) is 11.3 Å². The summed E-state index contributed by atoms with van der Waals surface area (Å²) in [5, 5.41) is 14.1. The number of carbonyl (C=O) groups excluding carboxylic acids is 1. The highest BCUT2D eigenvalue weighted by Gasteiger charge is 2.17. The van der Waals surface area contributed by atoms with E-state index in [0.717, 1.165) is 16.3 Å². The van der Waals surface area contributed by atoms with E-state index in [1.165, 1.54) is 11.8 Å². The number of nitrogens with zero attached hydrogens (tertiary/aromatic N) is 3. The third-order valence-corrected chi connectivity index (χ3v) is 6.89. The molecule has 0 fully saturated rings. The molecule has 4 aromatic rings. The molecule has 2 heterocycles. The number of rotatable bonds is 9. The van der Waals surface area contributed by atoms with Crippen LogP contribution in [0.4, 0.5) is 14.5 Å². The number of amides is 1. The minimum Gasteiger partial charge on any atom is -0.325 e. The van der Waals surface area contributed by atoms with Crippen LogP contribution in [0.5, 0.6) is 0 Å². The van der Waals surface area contributed by atoms with E-state index < -0.39 is 5.76 Å². The third kappa shape index (κ3) is 5.96. The summed E-state index contributed by atoms with van der Waals surface area (Å²) >= 11 is 3.36. The lowest BCUT2D eigenvalue weighted by Gasteiger charge is -2.10. The molecular formula is C22H18F2N4OS3. The number of thiophene rings is 1. The maximum Gasteiger partial charge on any atom is 0.288 e. The van der Waals surface area contributed by atoms with Crippen molar-refractivity contribution < 1.29 is 13.6 Å². The fourth-order valence-corrected chi connectivity index (χ4v) is 4.89. The second-order valence-corrected chi connectivity index (χ2v) is 9.55. The summed E-state index contributed by atoms with van der Waals surface area (Å²) in [6.07, 6.45) is 0. The Kier molecular flexibility index (Phi) is 7.56. The van der Waals surface area contributed by atoms with Crippen molar-refractivity contribution in [2.75, 3.05) is 11.1 Å². The van der Waals surface area contributed by atoms with E-state index in [9.17, 15) is 13.6 Å². The molecule has 4 rings (SSSR count). The highest BCUT2D eigenvalue weighted by molar-refractivity contribution is 8.00. The number of hydrogen-bond donors (Lipinski definition) is 1. The van der Waals surface area contributed by atoms with E-state index in [1.54, 1.807) is 35.6 Å². The van der Waals surface area contributed by atoms with Crippen LogP contribution >= 0.6 is 34.9 Å². The minimum absolute atomic E-state index is 0.144. The molecular weight excluding hydrogens is 470 g/mol. The molecule has 0 saturated heterocycles. The van der Waals surface area contributed by atoms with Crippen LogP contribution in [-0.4, -0.2) is 32.2 Å². The number of hydrogen-bond acceptors (Lipinski definition) is 6. The largest absolute Gasteiger partial charge is 0.325 e. The van der Waals surface area contributed by atoms with Crippen LogP contribution in [0.1, 0.15) is 5.56 Å². The van der Waals surface area contributed by atoms with Gasteiger partial charge in [0.2, 0.25) is 5.91 Å². The van der Waals surface area contributed by atoms with Gasteiger partial charge < -0.3 is 5.32 Å². The van der Waals surface area contributed by atoms with Crippen LogP contribution in [0.2, 0.25) is 0 Å². The van der Waals surface area contributed by atoms with Crippen LogP contribution in [0.15, 0.2) is 82.2 Å². The van der Waals surface area contributed by atoms with Gasteiger partial charge in [-0.05, 0) is 41.3 Å². The van der Waals surface area contributed by atoms with E-state index in [0.29, 0.717) is 34.0 Å². The zero-order valence-corrected chi connectivity index (χ0v) is 19.1. The standard InChI is InChI=1S/C22H18F2N4OS3/c23-21(24)32-17-10-8-16(9-11-17)25-19(29)14-31-22-27-26-20(18-7-4-12-30-18)28(22)13-15-5-2-1-3-6-15/h1-12,21H,13-14H2,(H,25,29). The molecule has 0 saturated carbocycles. The number of benzene rings is 2. The van der Waals surface area contributed by atoms with Gasteiger partial charge in [-0.1, -0.05) is 59.9 Å². The van der Waals surface area contributed by atoms with Crippen molar-refractivity contribution in [3.63, 3.8) is 0 Å². The monoisotopic (exact) mass is 488 g/mol. The normalized spacial score (nSPS) is 11.1. The SMILES string of the molecule is O=C(CSc1nnc(-c2cccs2)n1Cc1ccccc1)Nc1ccc(SC(F)F)cc1. The highest BCUT2D eigenvalue weighted by atomic mass is 32.2. The van der Waals surface area contributed by atoms with Crippen molar-refractivity contribution >= 4 is 46.5 Å². The Labute approximate surface area is 196 Å². The number of nitrogens with one attached hydrogen (secondary N) is 1. The molecule has 2 aromatic heterocycles. The van der Waals surface area contributed by atoms with Crippen molar-refractivity contribution in [2.24, 2.45) is 0 Å². The van der Waals surface area contributed by atoms with E-state index in [1.807, 2.05) is 52.4 Å². The summed E-state index contributed by atoms with van der Waals surface area (Å²) in [4.78, 5) is 13.9. The Morgan fingerprint density at radius 3 is 2.50 bits per heavy atom. The van der Waals surface area contributed by atoms with Crippen LogP contribution in [0.3, 0.4) is 0 Å². The molecule has 2 aromatic carbocycles. The first-order chi connectivity index (χ1) is 15.6. The molecule has 0 bridgehead atoms. The summed E-state index contributed by atoms with van der Waals surface area (Å²) in [5.74, 6) is -1.78. The minimum atomic E-state index is -2.47. The van der Waals surface area contributed by atoms with Crippen molar-refractivity contribution in [3.8, 4) is 10.7 Å². The van der Waals surface area contributed by atoms with Crippen molar-refractivity contribution in [1.29, 1.82) is 0 Å². The Morgan fingerprint density at radius 1 is 1.03 bits per heavy atom. The first-order valence-electron chi connectivity index (χ1n) is 9.57. The Hall–Kier alpha value is -2.69. The van der Waals surface area contributed by atoms with Gasteiger partial charge in [-0.15, -0.1) is 21.5 Å². The van der Waals surface area contributed by atoms with Crippen LogP contribution in [0.25, 0.3) is 10.7 Å². The fraction of sp³-hybridized carbons (Fsp3) is 0.136. The number of thioether (sulfide) groups is 2. The van der Waals surface area contributed by atoms with Gasteiger partial charge in [0, 0.05) is 10.6 Å². The maximum atomic E-state index is 12.4. The smallest absolute Gasteiger partial charge is 0.288 e. The average molecular weight is 489 g/mol. The van der Waals surface area contributed by atoms with Gasteiger partial charge >= 0.3 is 0 Å². The first-order valence-corrected chi connectivity index (χ1v) is 12.3. The lowest BCUT2D eigenvalue weighted by atomic mass is 10.2. The summed E-state index contributed by atoms with van der Waals surface area (Å²) in [5.41, 5.74) is 1.66. The summed E-state index contributed by atoms with van der Waals surface area (Å²) in [6.45, 7) is 0.592. The summed E-state index contributed by atoms with van der Waals surface area (Å²) in [6, 6.07) is 20.3. The molecule has 1 amide bonds. The number of carbonyl (C=O) groups is 1. The molecule has 0 radical (unpaired) electrons. The number of aromatic nitrogens is 3. The van der Waals surface area contributed by atoms with Gasteiger partial charge in [-0.25, -0.2) is 0 Å². The van der Waals surface area contributed by atoms with E-state index in [2.05, 4.69) is 15.5 Å². The molecule has 0 unspecified atom stereocenters. The lowest BCUT2D eigenvalue weighted by molar-refractivity contribution is -0.113. The molecule has 5 nitrogen and oxygen atoms in total. The van der Waals surface area contributed by atoms with Crippen LogP contribution in [0, 0.1) is 0 Å². The number of anilines is 1. The van der Waals surface area contributed by atoms with Gasteiger partial charge in [0.05, 0.1) is 17.2 Å². The lowest BCUT2D eigenvalue weighted by Crippen LogP contribution is -2.14. The molecule has 0 spiro atoms. The molecule has 0 atom stereocenters. The predicted molar refractivity (Wildman–Crippen MR) is 127 cm³/mol. The van der Waals surface area contributed by atoms with E-state index in [-0.39, 0.29) is 11.7 Å². The second-order valence-electron chi connectivity index (χ2n) is 6.59. The van der Waals surface area contributed by atoms with Crippen LogP contribution < -0.4 is 5.32 Å². The van der Waals surface area contributed by atoms with Gasteiger partial charge in [0.15, 0.2) is 11.0 Å². The number of halogens is 2. The van der Waals surface area contributed by atoms with E-state index in [4.69, 9.17) is 0 Å². The van der Waals surface area contributed by atoms with Crippen molar-refractivity contribution in [1.82, 2.24) is 14.8 Å². The van der Waals surface area contributed by atoms with Gasteiger partial charge in [-0.3, -0.25) is 9.36 Å². The quantitative estimate of drug-likeness (QED) is 0.289. The predicted octanol–water partition coefficient (Wildman–Crippen LogP) is 6.10. The molecule has 0 aliphatic heterocycles. The zero-order valence-electron chi connectivity index (χ0n) is 16.7. The Balaban J connectivity index is 1.44. The van der Waals surface area contributed by atoms with Gasteiger partial charge in [0.1, 0.15) is 0 Å². The molecule has 0 aliphatic rings. The fourth-order valence-electron chi connectivity index (χ4n) is 2.94. The van der Waals surface area contributed by atoms with Crippen molar-refractivity contribution in [3.05, 3.63) is 77.7 Å². The topological polar surface area (TPSA) is 59.8 Å². The Bertz CT molecular complexity index is 1150. The maximum absolute atomic E-state index is 12.4. The van der Waals surface area contributed by atoms with Crippen molar-refractivity contribution in [2.45, 2.75) is 22.4 Å². The van der Waals surface area contributed by atoms with Gasteiger partial charge in [-0.2, -0.15) is 8.78 Å². The molecule has 10 heteroatoms. The molecule has 32 heavy (non-hydrogen) atoms. The van der Waals surface area contributed by atoms with Gasteiger partial charge in [0.25, 0.3) is 5.76 Å². The summed E-state index contributed by atoms with van der Waals surface area (Å²) in [7, 11) is 0. The first kappa shape index (κ1) is 22.5.